The summed E-state index contributed by atoms with van der Waals surface area (Å²) in [6.07, 6.45) is 1.10. The Balaban J connectivity index is 2.78. The molecule has 0 saturated carbocycles. The highest BCUT2D eigenvalue weighted by molar-refractivity contribution is 5.85. The zero-order valence-electron chi connectivity index (χ0n) is 9.85. The first-order valence-corrected chi connectivity index (χ1v) is 4.97. The molecule has 0 fully saturated rings. The van der Waals surface area contributed by atoms with Crippen LogP contribution in [0.1, 0.15) is 43.1 Å². The third-order valence-corrected chi connectivity index (χ3v) is 1.78. The van der Waals surface area contributed by atoms with Crippen molar-refractivity contribution in [3.63, 3.8) is 0 Å². The van der Waals surface area contributed by atoms with Crippen LogP contribution < -0.4 is 5.73 Å². The molecule has 0 amide bonds. The molecule has 1 aromatic heterocycles. The van der Waals surface area contributed by atoms with Crippen LogP contribution in [0.15, 0.2) is 6.20 Å². The Morgan fingerprint density at radius 1 is 1.53 bits per heavy atom. The molecule has 1 atom stereocenters. The van der Waals surface area contributed by atoms with Crippen LogP contribution in [0.25, 0.3) is 0 Å². The quantitative estimate of drug-likeness (QED) is 0.661. The molecule has 1 heterocycles. The van der Waals surface area contributed by atoms with E-state index in [9.17, 15) is 9.59 Å². The maximum atomic E-state index is 11.6. The molecule has 0 aliphatic carbocycles. The average Bonchev–Trinajstić information content (AvgIpc) is 2.62. The third-order valence-electron chi connectivity index (χ3n) is 1.78. The van der Waals surface area contributed by atoms with Crippen molar-refractivity contribution < 1.29 is 19.4 Å². The Morgan fingerprint density at radius 3 is 2.53 bits per heavy atom. The SMILES string of the molecule is CC(C)(C)OC(=O)C(N)c1ncc(C(=O)O)[nH]1. The molecule has 0 aliphatic heterocycles. The Kier molecular flexibility index (Phi) is 3.52. The van der Waals surface area contributed by atoms with Gasteiger partial charge in [0.05, 0.1) is 6.20 Å². The molecule has 0 aliphatic rings. The third kappa shape index (κ3) is 3.56. The van der Waals surface area contributed by atoms with Crippen molar-refractivity contribution in [1.29, 1.82) is 0 Å². The predicted octanol–water partition coefficient (Wildman–Crippen LogP) is 0.449. The number of hydrogen-bond acceptors (Lipinski definition) is 5. The van der Waals surface area contributed by atoms with E-state index >= 15 is 0 Å². The van der Waals surface area contributed by atoms with E-state index in [0.29, 0.717) is 0 Å². The van der Waals surface area contributed by atoms with Crippen LogP contribution in [0.5, 0.6) is 0 Å². The summed E-state index contributed by atoms with van der Waals surface area (Å²) in [6, 6.07) is -1.12. The first-order valence-electron chi connectivity index (χ1n) is 4.97. The van der Waals surface area contributed by atoms with Crippen molar-refractivity contribution in [2.45, 2.75) is 32.4 Å². The van der Waals surface area contributed by atoms with Crippen molar-refractivity contribution in [3.05, 3.63) is 17.7 Å². The van der Waals surface area contributed by atoms with Gasteiger partial charge in [-0.1, -0.05) is 0 Å². The number of carboxylic acids is 1. The van der Waals surface area contributed by atoms with Crippen LogP contribution in [0.2, 0.25) is 0 Å². The lowest BCUT2D eigenvalue weighted by Crippen LogP contribution is -2.32. The molecule has 0 radical (unpaired) electrons. The summed E-state index contributed by atoms with van der Waals surface area (Å²) in [5.41, 5.74) is 4.82. The second-order valence-electron chi connectivity index (χ2n) is 4.50. The molecule has 0 bridgehead atoms. The molecular formula is C10H15N3O4. The minimum Gasteiger partial charge on any atom is -0.477 e. The van der Waals surface area contributed by atoms with Crippen molar-refractivity contribution in [2.75, 3.05) is 0 Å². The molecule has 0 aromatic carbocycles. The lowest BCUT2D eigenvalue weighted by Gasteiger charge is -2.21. The summed E-state index contributed by atoms with van der Waals surface area (Å²) in [6.45, 7) is 5.13. The highest BCUT2D eigenvalue weighted by Crippen LogP contribution is 2.14. The first kappa shape index (κ1) is 13.2. The van der Waals surface area contributed by atoms with Crippen LogP contribution in [-0.4, -0.2) is 32.6 Å². The molecule has 0 saturated heterocycles. The Labute approximate surface area is 98.0 Å². The predicted molar refractivity (Wildman–Crippen MR) is 58.3 cm³/mol. The van der Waals surface area contributed by atoms with Crippen LogP contribution in [0, 0.1) is 0 Å². The number of carbonyl (C=O) groups excluding carboxylic acids is 1. The number of H-pyrrole nitrogens is 1. The van der Waals surface area contributed by atoms with Crippen molar-refractivity contribution in [3.8, 4) is 0 Å². The molecule has 1 unspecified atom stereocenters. The monoisotopic (exact) mass is 241 g/mol. The molecule has 1 aromatic rings. The molecule has 94 valence electrons. The number of aromatic amines is 1. The molecule has 4 N–H and O–H groups in total. The molecule has 1 rings (SSSR count). The second kappa shape index (κ2) is 4.54. The van der Waals surface area contributed by atoms with Gasteiger partial charge in [-0.2, -0.15) is 0 Å². The van der Waals surface area contributed by atoms with Crippen molar-refractivity contribution >= 4 is 11.9 Å². The number of rotatable bonds is 3. The topological polar surface area (TPSA) is 118 Å². The summed E-state index contributed by atoms with van der Waals surface area (Å²) in [4.78, 5) is 28.4. The number of imidazole rings is 1. The van der Waals surface area contributed by atoms with E-state index in [0.717, 1.165) is 6.20 Å². The van der Waals surface area contributed by atoms with Gasteiger partial charge < -0.3 is 20.6 Å². The number of nitrogens with zero attached hydrogens (tertiary/aromatic N) is 1. The summed E-state index contributed by atoms with van der Waals surface area (Å²) in [7, 11) is 0. The molecule has 17 heavy (non-hydrogen) atoms. The fourth-order valence-corrected chi connectivity index (χ4v) is 1.08. The van der Waals surface area contributed by atoms with E-state index in [2.05, 4.69) is 9.97 Å². The minimum atomic E-state index is -1.17. The number of ether oxygens (including phenoxy) is 1. The number of aromatic nitrogens is 2. The van der Waals surface area contributed by atoms with E-state index < -0.39 is 23.6 Å². The van der Waals surface area contributed by atoms with Crippen LogP contribution in [0.3, 0.4) is 0 Å². The van der Waals surface area contributed by atoms with Gasteiger partial charge in [-0.3, -0.25) is 0 Å². The molecule has 0 spiro atoms. The standard InChI is InChI=1S/C10H15N3O4/c1-10(2,3)17-9(16)6(11)7-12-4-5(13-7)8(14)15/h4,6H,11H2,1-3H3,(H,12,13)(H,14,15). The zero-order chi connectivity index (χ0) is 13.2. The van der Waals surface area contributed by atoms with Gasteiger partial charge in [0, 0.05) is 0 Å². The Morgan fingerprint density at radius 2 is 2.12 bits per heavy atom. The lowest BCUT2D eigenvalue weighted by molar-refractivity contribution is -0.156. The fourth-order valence-electron chi connectivity index (χ4n) is 1.08. The van der Waals surface area contributed by atoms with Gasteiger partial charge in [-0.05, 0) is 20.8 Å². The zero-order valence-corrected chi connectivity index (χ0v) is 9.85. The number of carboxylic acid groups (broad SMARTS) is 1. The number of nitrogens with one attached hydrogen (secondary N) is 1. The number of carbonyl (C=O) groups is 2. The Bertz CT molecular complexity index is 433. The van der Waals surface area contributed by atoms with E-state index in [-0.39, 0.29) is 11.5 Å². The summed E-state index contributed by atoms with van der Waals surface area (Å²) >= 11 is 0. The summed E-state index contributed by atoms with van der Waals surface area (Å²) in [5.74, 6) is -1.76. The number of hydrogen-bond donors (Lipinski definition) is 3. The normalized spacial score (nSPS) is 13.2. The maximum Gasteiger partial charge on any atom is 0.353 e. The number of nitrogens with two attached hydrogens (primary N) is 1. The van der Waals surface area contributed by atoms with Gasteiger partial charge in [-0.15, -0.1) is 0 Å². The van der Waals surface area contributed by atoms with Crippen molar-refractivity contribution in [1.82, 2.24) is 9.97 Å². The molecule has 7 heteroatoms. The maximum absolute atomic E-state index is 11.6. The summed E-state index contributed by atoms with van der Waals surface area (Å²) < 4.78 is 5.05. The lowest BCUT2D eigenvalue weighted by atomic mass is 10.2. The van der Waals surface area contributed by atoms with Gasteiger partial charge in [0.1, 0.15) is 17.1 Å². The highest BCUT2D eigenvalue weighted by atomic mass is 16.6. The Hall–Kier alpha value is -1.89. The van der Waals surface area contributed by atoms with Crippen LogP contribution in [-0.2, 0) is 9.53 Å². The smallest absolute Gasteiger partial charge is 0.353 e. The molecular weight excluding hydrogens is 226 g/mol. The van der Waals surface area contributed by atoms with Crippen LogP contribution >= 0.6 is 0 Å². The van der Waals surface area contributed by atoms with E-state index in [1.807, 2.05) is 0 Å². The van der Waals surface area contributed by atoms with Gasteiger partial charge in [0.15, 0.2) is 6.04 Å². The van der Waals surface area contributed by atoms with E-state index in [1.54, 1.807) is 20.8 Å². The van der Waals surface area contributed by atoms with Crippen LogP contribution in [0.4, 0.5) is 0 Å². The fraction of sp³-hybridized carbons (Fsp3) is 0.500. The number of esters is 1. The van der Waals surface area contributed by atoms with Gasteiger partial charge in [-0.25, -0.2) is 14.6 Å². The van der Waals surface area contributed by atoms with Gasteiger partial charge >= 0.3 is 11.9 Å². The highest BCUT2D eigenvalue weighted by Gasteiger charge is 2.26. The van der Waals surface area contributed by atoms with E-state index in [4.69, 9.17) is 15.6 Å². The summed E-state index contributed by atoms with van der Waals surface area (Å²) in [5, 5.41) is 8.68. The van der Waals surface area contributed by atoms with Crippen molar-refractivity contribution in [2.24, 2.45) is 5.73 Å². The second-order valence-corrected chi connectivity index (χ2v) is 4.50. The average molecular weight is 241 g/mol. The van der Waals surface area contributed by atoms with E-state index in [1.165, 1.54) is 0 Å². The minimum absolute atomic E-state index is 0.0663. The first-order chi connectivity index (χ1) is 7.70. The largest absolute Gasteiger partial charge is 0.477 e. The molecule has 7 nitrogen and oxygen atoms in total. The number of aromatic carboxylic acids is 1. The van der Waals surface area contributed by atoms with Gasteiger partial charge in [0.25, 0.3) is 0 Å². The van der Waals surface area contributed by atoms with Gasteiger partial charge in [0.2, 0.25) is 0 Å².